The number of pyridine rings is 2. The molecule has 0 spiro atoms. The largest absolute Gasteiger partial charge is 0.490 e. The summed E-state index contributed by atoms with van der Waals surface area (Å²) < 4.78 is 11.9. The summed E-state index contributed by atoms with van der Waals surface area (Å²) in [5.74, 6) is 2.18. The molecule has 0 saturated carbocycles. The molecular formula is C21H20N4O2. The summed E-state index contributed by atoms with van der Waals surface area (Å²) in [5.41, 5.74) is 3.50. The topological polar surface area (TPSA) is 72.9 Å². The SMILES string of the molecule is CC(C)Oc1cc(OCc2ccncc2)ccc1-c1nc2cccnc2[nH]1. The maximum absolute atomic E-state index is 6.02. The first-order valence-electron chi connectivity index (χ1n) is 8.82. The third kappa shape index (κ3) is 3.89. The first-order valence-corrected chi connectivity index (χ1v) is 8.82. The highest BCUT2D eigenvalue weighted by atomic mass is 16.5. The Bertz CT molecular complexity index is 1010. The zero-order valence-corrected chi connectivity index (χ0v) is 15.2. The average Bonchev–Trinajstić information content (AvgIpc) is 3.11. The maximum Gasteiger partial charge on any atom is 0.157 e. The molecule has 4 rings (SSSR count). The van der Waals surface area contributed by atoms with E-state index >= 15 is 0 Å². The zero-order valence-electron chi connectivity index (χ0n) is 15.2. The van der Waals surface area contributed by atoms with Crippen molar-refractivity contribution in [2.45, 2.75) is 26.6 Å². The Kier molecular flexibility index (Phi) is 4.70. The molecule has 136 valence electrons. The summed E-state index contributed by atoms with van der Waals surface area (Å²) in [5, 5.41) is 0. The fraction of sp³-hybridized carbons (Fsp3) is 0.190. The van der Waals surface area contributed by atoms with E-state index in [1.165, 1.54) is 0 Å². The van der Waals surface area contributed by atoms with Crippen LogP contribution in [0.1, 0.15) is 19.4 Å². The lowest BCUT2D eigenvalue weighted by Crippen LogP contribution is -2.07. The number of benzene rings is 1. The standard InChI is InChI=1S/C21H20N4O2/c1-14(2)27-19-12-16(26-13-15-7-10-22-11-8-15)5-6-17(19)20-24-18-4-3-9-23-21(18)25-20/h3-12,14H,13H2,1-2H3,(H,23,24,25). The van der Waals surface area contributed by atoms with Crippen LogP contribution in [-0.2, 0) is 6.61 Å². The van der Waals surface area contributed by atoms with Crippen LogP contribution < -0.4 is 9.47 Å². The molecule has 1 N–H and O–H groups in total. The predicted octanol–water partition coefficient (Wildman–Crippen LogP) is 4.39. The number of hydrogen-bond acceptors (Lipinski definition) is 5. The molecule has 27 heavy (non-hydrogen) atoms. The monoisotopic (exact) mass is 360 g/mol. The van der Waals surface area contributed by atoms with Crippen LogP contribution in [0.5, 0.6) is 11.5 Å². The van der Waals surface area contributed by atoms with Gasteiger partial charge in [0, 0.05) is 24.7 Å². The number of nitrogens with zero attached hydrogens (tertiary/aromatic N) is 3. The average molecular weight is 360 g/mol. The first-order chi connectivity index (χ1) is 13.2. The third-order valence-corrected chi connectivity index (χ3v) is 3.98. The number of H-pyrrole nitrogens is 1. The van der Waals surface area contributed by atoms with E-state index < -0.39 is 0 Å². The molecular weight excluding hydrogens is 340 g/mol. The van der Waals surface area contributed by atoms with Crippen molar-refractivity contribution in [2.75, 3.05) is 0 Å². The minimum atomic E-state index is 0.0294. The Morgan fingerprint density at radius 2 is 1.89 bits per heavy atom. The van der Waals surface area contributed by atoms with E-state index in [0.717, 1.165) is 39.6 Å². The molecule has 0 fully saturated rings. The predicted molar refractivity (Wildman–Crippen MR) is 104 cm³/mol. The lowest BCUT2D eigenvalue weighted by molar-refractivity contribution is 0.240. The number of hydrogen-bond donors (Lipinski definition) is 1. The Morgan fingerprint density at radius 3 is 2.67 bits per heavy atom. The summed E-state index contributed by atoms with van der Waals surface area (Å²) >= 11 is 0. The van der Waals surface area contributed by atoms with Crippen molar-refractivity contribution in [3.05, 3.63) is 66.6 Å². The molecule has 0 bridgehead atoms. The van der Waals surface area contributed by atoms with Crippen LogP contribution >= 0.6 is 0 Å². The van der Waals surface area contributed by atoms with Gasteiger partial charge < -0.3 is 14.5 Å². The van der Waals surface area contributed by atoms with Crippen LogP contribution in [0.25, 0.3) is 22.6 Å². The van der Waals surface area contributed by atoms with E-state index in [9.17, 15) is 0 Å². The van der Waals surface area contributed by atoms with Gasteiger partial charge in [-0.25, -0.2) is 9.97 Å². The smallest absolute Gasteiger partial charge is 0.157 e. The van der Waals surface area contributed by atoms with Crippen LogP contribution in [-0.4, -0.2) is 26.0 Å². The van der Waals surface area contributed by atoms with Crippen LogP contribution in [0.4, 0.5) is 0 Å². The van der Waals surface area contributed by atoms with Gasteiger partial charge >= 0.3 is 0 Å². The highest BCUT2D eigenvalue weighted by Gasteiger charge is 2.14. The maximum atomic E-state index is 6.02. The molecule has 0 radical (unpaired) electrons. The van der Waals surface area contributed by atoms with Gasteiger partial charge in [-0.15, -0.1) is 0 Å². The minimum absolute atomic E-state index is 0.0294. The Hall–Kier alpha value is -3.41. The fourth-order valence-corrected chi connectivity index (χ4v) is 2.76. The summed E-state index contributed by atoms with van der Waals surface area (Å²) in [6.45, 7) is 4.46. The van der Waals surface area contributed by atoms with E-state index in [-0.39, 0.29) is 6.10 Å². The van der Waals surface area contributed by atoms with E-state index in [0.29, 0.717) is 6.61 Å². The van der Waals surface area contributed by atoms with Crippen molar-refractivity contribution in [2.24, 2.45) is 0 Å². The summed E-state index contributed by atoms with van der Waals surface area (Å²) in [4.78, 5) is 16.2. The lowest BCUT2D eigenvalue weighted by atomic mass is 10.1. The van der Waals surface area contributed by atoms with Crippen LogP contribution in [0.3, 0.4) is 0 Å². The highest BCUT2D eigenvalue weighted by molar-refractivity contribution is 5.77. The summed E-state index contributed by atoms with van der Waals surface area (Å²) in [7, 11) is 0. The summed E-state index contributed by atoms with van der Waals surface area (Å²) in [6.07, 6.45) is 5.28. The van der Waals surface area contributed by atoms with Gasteiger partial charge in [0.15, 0.2) is 5.65 Å². The number of rotatable bonds is 6. The molecule has 0 aliphatic heterocycles. The van der Waals surface area contributed by atoms with Gasteiger partial charge in [-0.05, 0) is 55.8 Å². The molecule has 0 aliphatic rings. The van der Waals surface area contributed by atoms with Gasteiger partial charge in [0.1, 0.15) is 29.4 Å². The minimum Gasteiger partial charge on any atom is -0.490 e. The van der Waals surface area contributed by atoms with Crippen LogP contribution in [0.2, 0.25) is 0 Å². The van der Waals surface area contributed by atoms with Crippen LogP contribution in [0, 0.1) is 0 Å². The molecule has 0 unspecified atom stereocenters. The number of nitrogens with one attached hydrogen (secondary N) is 1. The second kappa shape index (κ2) is 7.45. The van der Waals surface area contributed by atoms with Gasteiger partial charge in [0.05, 0.1) is 11.7 Å². The molecule has 0 atom stereocenters. The van der Waals surface area contributed by atoms with E-state index in [2.05, 4.69) is 19.9 Å². The van der Waals surface area contributed by atoms with Crippen molar-refractivity contribution < 1.29 is 9.47 Å². The number of imidazole rings is 1. The van der Waals surface area contributed by atoms with Gasteiger partial charge in [-0.3, -0.25) is 4.98 Å². The van der Waals surface area contributed by atoms with E-state index in [1.807, 2.05) is 56.3 Å². The molecule has 4 aromatic rings. The van der Waals surface area contributed by atoms with Crippen molar-refractivity contribution in [3.8, 4) is 22.9 Å². The lowest BCUT2D eigenvalue weighted by Gasteiger charge is -2.15. The number of aromatic amines is 1. The van der Waals surface area contributed by atoms with E-state index in [1.54, 1.807) is 18.6 Å². The molecule has 6 nitrogen and oxygen atoms in total. The summed E-state index contributed by atoms with van der Waals surface area (Å²) in [6, 6.07) is 13.4. The van der Waals surface area contributed by atoms with Crippen molar-refractivity contribution in [1.29, 1.82) is 0 Å². The van der Waals surface area contributed by atoms with Crippen molar-refractivity contribution >= 4 is 11.2 Å². The first kappa shape index (κ1) is 17.0. The molecule has 0 amide bonds. The molecule has 6 heteroatoms. The Morgan fingerprint density at radius 1 is 1.04 bits per heavy atom. The fourth-order valence-electron chi connectivity index (χ4n) is 2.76. The zero-order chi connectivity index (χ0) is 18.6. The van der Waals surface area contributed by atoms with E-state index in [4.69, 9.17) is 9.47 Å². The van der Waals surface area contributed by atoms with Gasteiger partial charge in [0.25, 0.3) is 0 Å². The van der Waals surface area contributed by atoms with Crippen molar-refractivity contribution in [3.63, 3.8) is 0 Å². The number of fused-ring (bicyclic) bond motifs is 1. The van der Waals surface area contributed by atoms with Gasteiger partial charge in [-0.1, -0.05) is 0 Å². The molecule has 0 saturated heterocycles. The number of aromatic nitrogens is 4. The van der Waals surface area contributed by atoms with Gasteiger partial charge in [-0.2, -0.15) is 0 Å². The normalized spacial score (nSPS) is 11.1. The second-order valence-electron chi connectivity index (χ2n) is 6.43. The Labute approximate surface area is 157 Å². The highest BCUT2D eigenvalue weighted by Crippen LogP contribution is 2.33. The molecule has 1 aromatic carbocycles. The van der Waals surface area contributed by atoms with Crippen molar-refractivity contribution in [1.82, 2.24) is 19.9 Å². The van der Waals surface area contributed by atoms with Gasteiger partial charge in [0.2, 0.25) is 0 Å². The quantitative estimate of drug-likeness (QED) is 0.552. The molecule has 3 aromatic heterocycles. The third-order valence-electron chi connectivity index (χ3n) is 3.98. The van der Waals surface area contributed by atoms with Crippen LogP contribution in [0.15, 0.2) is 61.1 Å². The second-order valence-corrected chi connectivity index (χ2v) is 6.43. The molecule has 3 heterocycles. The molecule has 0 aliphatic carbocycles. The Balaban J connectivity index is 1.64. The number of ether oxygens (including phenoxy) is 2.